The van der Waals surface area contributed by atoms with Gasteiger partial charge in [-0.15, -0.1) is 11.3 Å². The summed E-state index contributed by atoms with van der Waals surface area (Å²) >= 11 is 1.77. The fourth-order valence-electron chi connectivity index (χ4n) is 4.28. The molecule has 0 radical (unpaired) electrons. The maximum Gasteiger partial charge on any atom is 0.123 e. The molecule has 0 unspecified atom stereocenters. The van der Waals surface area contributed by atoms with Gasteiger partial charge < -0.3 is 0 Å². The molecular weight excluding hydrogens is 326 g/mol. The van der Waals surface area contributed by atoms with Crippen LogP contribution in [0, 0.1) is 0 Å². The highest BCUT2D eigenvalue weighted by Gasteiger charge is 2.23. The first-order valence-corrected chi connectivity index (χ1v) is 10.7. The minimum absolute atomic E-state index is 0.859. The third-order valence-electron chi connectivity index (χ3n) is 5.67. The molecule has 2 heterocycles. The summed E-state index contributed by atoms with van der Waals surface area (Å²) in [5.74, 6) is 0. The molecule has 4 rings (SSSR count). The molecule has 4 heteroatoms. The van der Waals surface area contributed by atoms with Crippen molar-refractivity contribution < 1.29 is 0 Å². The molecule has 0 N–H and O–H groups in total. The van der Waals surface area contributed by atoms with Crippen LogP contribution in [0.15, 0.2) is 35.7 Å². The molecule has 134 valence electrons. The molecule has 1 aliphatic heterocycles. The molecule has 1 aliphatic carbocycles. The van der Waals surface area contributed by atoms with E-state index in [0.717, 1.165) is 17.6 Å². The Labute approximate surface area is 155 Å². The van der Waals surface area contributed by atoms with E-state index in [0.29, 0.717) is 0 Å². The van der Waals surface area contributed by atoms with Crippen LogP contribution < -0.4 is 0 Å². The Bertz CT molecular complexity index is 648. The number of benzene rings is 1. The topological polar surface area (TPSA) is 19.4 Å². The first-order valence-electron chi connectivity index (χ1n) is 9.85. The molecule has 1 aromatic heterocycles. The molecule has 25 heavy (non-hydrogen) atoms. The monoisotopic (exact) mass is 355 g/mol. The summed E-state index contributed by atoms with van der Waals surface area (Å²) in [4.78, 5) is 10.3. The van der Waals surface area contributed by atoms with Crippen LogP contribution in [-0.4, -0.2) is 47.0 Å². The number of hydrogen-bond acceptors (Lipinski definition) is 4. The SMILES string of the molecule is c1ccc(-c2nc(CN3CCCN(C4CCCCC4)CC3)cs2)cc1. The minimum atomic E-state index is 0.859. The van der Waals surface area contributed by atoms with E-state index in [1.807, 2.05) is 0 Å². The summed E-state index contributed by atoms with van der Waals surface area (Å²) in [6.07, 6.45) is 8.47. The van der Waals surface area contributed by atoms with Gasteiger partial charge in [-0.3, -0.25) is 9.80 Å². The van der Waals surface area contributed by atoms with Gasteiger partial charge in [-0.25, -0.2) is 4.98 Å². The van der Waals surface area contributed by atoms with Crippen LogP contribution in [-0.2, 0) is 6.54 Å². The summed E-state index contributed by atoms with van der Waals surface area (Å²) in [6, 6.07) is 11.4. The molecule has 3 nitrogen and oxygen atoms in total. The van der Waals surface area contributed by atoms with Crippen molar-refractivity contribution in [3.63, 3.8) is 0 Å². The second-order valence-corrected chi connectivity index (χ2v) is 8.33. The number of rotatable bonds is 4. The van der Waals surface area contributed by atoms with E-state index in [1.54, 1.807) is 11.3 Å². The summed E-state index contributed by atoms with van der Waals surface area (Å²) in [6.45, 7) is 5.92. The molecule has 0 bridgehead atoms. The molecule has 0 atom stereocenters. The maximum absolute atomic E-state index is 4.88. The smallest absolute Gasteiger partial charge is 0.123 e. The van der Waals surface area contributed by atoms with Gasteiger partial charge in [-0.2, -0.15) is 0 Å². The average molecular weight is 356 g/mol. The summed E-state index contributed by atoms with van der Waals surface area (Å²) in [5, 5.41) is 3.39. The highest BCUT2D eigenvalue weighted by atomic mass is 32.1. The molecule has 0 amide bonds. The Hall–Kier alpha value is -1.23. The average Bonchev–Trinajstić information content (AvgIpc) is 3.01. The summed E-state index contributed by atoms with van der Waals surface area (Å²) in [5.41, 5.74) is 2.47. The van der Waals surface area contributed by atoms with E-state index in [-0.39, 0.29) is 0 Å². The first-order chi connectivity index (χ1) is 12.4. The molecule has 2 aliphatic rings. The zero-order valence-electron chi connectivity index (χ0n) is 15.1. The molecule has 0 spiro atoms. The lowest BCUT2D eigenvalue weighted by Crippen LogP contribution is -2.39. The first kappa shape index (κ1) is 17.2. The highest BCUT2D eigenvalue weighted by molar-refractivity contribution is 7.13. The standard InChI is InChI=1S/C21H29N3S/c1-3-8-18(9-4-1)21-22-19(17-25-21)16-23-12-7-13-24(15-14-23)20-10-5-2-6-11-20/h1,3-4,8-9,17,20H,2,5-7,10-16H2. The van der Waals surface area contributed by atoms with E-state index in [9.17, 15) is 0 Å². The van der Waals surface area contributed by atoms with Crippen LogP contribution in [0.1, 0.15) is 44.2 Å². The van der Waals surface area contributed by atoms with Crippen LogP contribution >= 0.6 is 11.3 Å². The van der Waals surface area contributed by atoms with Crippen LogP contribution in [0.4, 0.5) is 0 Å². The van der Waals surface area contributed by atoms with Gasteiger partial charge in [-0.05, 0) is 32.4 Å². The summed E-state index contributed by atoms with van der Waals surface area (Å²) < 4.78 is 0. The van der Waals surface area contributed by atoms with Crippen molar-refractivity contribution >= 4 is 11.3 Å². The van der Waals surface area contributed by atoms with Gasteiger partial charge in [0.1, 0.15) is 5.01 Å². The lowest BCUT2D eigenvalue weighted by Gasteiger charge is -2.33. The third-order valence-corrected chi connectivity index (χ3v) is 6.61. The van der Waals surface area contributed by atoms with Gasteiger partial charge in [0.15, 0.2) is 0 Å². The zero-order chi connectivity index (χ0) is 16.9. The third kappa shape index (κ3) is 4.49. The van der Waals surface area contributed by atoms with Crippen molar-refractivity contribution in [2.24, 2.45) is 0 Å². The van der Waals surface area contributed by atoms with Gasteiger partial charge in [0, 0.05) is 36.6 Å². The summed E-state index contributed by atoms with van der Waals surface area (Å²) in [7, 11) is 0. The van der Waals surface area contributed by atoms with E-state index in [4.69, 9.17) is 4.98 Å². The second kappa shape index (κ2) is 8.43. The van der Waals surface area contributed by atoms with Gasteiger partial charge in [-0.1, -0.05) is 49.6 Å². The molecule has 1 saturated carbocycles. The van der Waals surface area contributed by atoms with Crippen molar-refractivity contribution in [2.45, 2.75) is 51.1 Å². The van der Waals surface area contributed by atoms with Gasteiger partial charge in [0.25, 0.3) is 0 Å². The Balaban J connectivity index is 1.33. The quantitative estimate of drug-likeness (QED) is 0.796. The van der Waals surface area contributed by atoms with Crippen LogP contribution in [0.2, 0.25) is 0 Å². The highest BCUT2D eigenvalue weighted by Crippen LogP contribution is 2.25. The van der Waals surface area contributed by atoms with Crippen molar-refractivity contribution in [3.05, 3.63) is 41.4 Å². The van der Waals surface area contributed by atoms with Crippen LogP contribution in [0.3, 0.4) is 0 Å². The Kier molecular flexibility index (Phi) is 5.80. The predicted octanol–water partition coefficient (Wildman–Crippen LogP) is 4.65. The van der Waals surface area contributed by atoms with Crippen molar-refractivity contribution in [1.82, 2.24) is 14.8 Å². The van der Waals surface area contributed by atoms with Crippen LogP contribution in [0.25, 0.3) is 10.6 Å². The van der Waals surface area contributed by atoms with Crippen LogP contribution in [0.5, 0.6) is 0 Å². The van der Waals surface area contributed by atoms with Crippen molar-refractivity contribution in [1.29, 1.82) is 0 Å². The molecule has 1 saturated heterocycles. The number of nitrogens with zero attached hydrogens (tertiary/aromatic N) is 3. The largest absolute Gasteiger partial charge is 0.299 e. The predicted molar refractivity (Wildman–Crippen MR) is 106 cm³/mol. The fraction of sp³-hybridized carbons (Fsp3) is 0.571. The number of hydrogen-bond donors (Lipinski definition) is 0. The second-order valence-electron chi connectivity index (χ2n) is 7.47. The zero-order valence-corrected chi connectivity index (χ0v) is 15.9. The molecular formula is C21H29N3S. The van der Waals surface area contributed by atoms with Gasteiger partial charge >= 0.3 is 0 Å². The maximum atomic E-state index is 4.88. The molecule has 1 aromatic carbocycles. The lowest BCUT2D eigenvalue weighted by molar-refractivity contribution is 0.158. The Morgan fingerprint density at radius 1 is 0.920 bits per heavy atom. The van der Waals surface area contributed by atoms with E-state index in [1.165, 1.54) is 76.0 Å². The van der Waals surface area contributed by atoms with Gasteiger partial charge in [0.2, 0.25) is 0 Å². The van der Waals surface area contributed by atoms with E-state index >= 15 is 0 Å². The fourth-order valence-corrected chi connectivity index (χ4v) is 5.10. The molecule has 2 fully saturated rings. The Morgan fingerprint density at radius 2 is 1.76 bits per heavy atom. The van der Waals surface area contributed by atoms with Crippen molar-refractivity contribution in [2.75, 3.05) is 26.2 Å². The molecule has 2 aromatic rings. The number of aromatic nitrogens is 1. The Morgan fingerprint density at radius 3 is 2.60 bits per heavy atom. The van der Waals surface area contributed by atoms with E-state index < -0.39 is 0 Å². The van der Waals surface area contributed by atoms with E-state index in [2.05, 4.69) is 45.5 Å². The number of thiazole rings is 1. The van der Waals surface area contributed by atoms with Crippen molar-refractivity contribution in [3.8, 4) is 10.6 Å². The normalized spacial score (nSPS) is 21.3. The minimum Gasteiger partial charge on any atom is -0.299 e. The lowest BCUT2D eigenvalue weighted by atomic mass is 9.94. The van der Waals surface area contributed by atoms with Gasteiger partial charge in [0.05, 0.1) is 5.69 Å².